The second-order valence-electron chi connectivity index (χ2n) is 5.17. The molecule has 1 aromatic carbocycles. The third-order valence-corrected chi connectivity index (χ3v) is 3.66. The number of carbonyl (C=O) groups is 2. The van der Waals surface area contributed by atoms with Gasteiger partial charge in [-0.1, -0.05) is 6.07 Å². The van der Waals surface area contributed by atoms with Crippen molar-refractivity contribution in [2.24, 2.45) is 0 Å². The zero-order valence-electron chi connectivity index (χ0n) is 12.3. The number of nitro benzene ring substituents is 1. The van der Waals surface area contributed by atoms with Crippen molar-refractivity contribution in [1.29, 1.82) is 0 Å². The molecule has 0 saturated carbocycles. The van der Waals surface area contributed by atoms with Crippen LogP contribution in [0.15, 0.2) is 12.1 Å². The van der Waals surface area contributed by atoms with Crippen molar-refractivity contribution in [3.63, 3.8) is 0 Å². The smallest absolute Gasteiger partial charge is 0.328 e. The third-order valence-electron chi connectivity index (χ3n) is 3.66. The summed E-state index contributed by atoms with van der Waals surface area (Å²) in [6, 6.07) is 2.18. The first-order chi connectivity index (χ1) is 10.3. The first-order valence-corrected chi connectivity index (χ1v) is 6.84. The lowest BCUT2D eigenvalue weighted by atomic mass is 10.0. The summed E-state index contributed by atoms with van der Waals surface area (Å²) in [4.78, 5) is 34.4. The number of carbonyl (C=O) groups excluding carboxylic acids is 2. The number of nitro groups is 1. The molecule has 0 aliphatic carbocycles. The Morgan fingerprint density at radius 1 is 1.41 bits per heavy atom. The molecule has 7 nitrogen and oxygen atoms in total. The van der Waals surface area contributed by atoms with Gasteiger partial charge in [0.1, 0.15) is 5.69 Å². The fourth-order valence-corrected chi connectivity index (χ4v) is 2.77. The summed E-state index contributed by atoms with van der Waals surface area (Å²) in [7, 11) is 0. The van der Waals surface area contributed by atoms with E-state index in [9.17, 15) is 24.1 Å². The summed E-state index contributed by atoms with van der Waals surface area (Å²) >= 11 is 0. The standard InChI is InChI=1S/C14H16FN3O4/c1-8(19)16-11-6-5-10(13(15)14(11)18(21)22)12-4-3-7-17(12)9(2)20/h5-6,12H,3-4,7H2,1-2H3,(H,16,19)/t12-/m1/s1. The molecular formula is C14H16FN3O4. The molecule has 1 aliphatic rings. The van der Waals surface area contributed by atoms with Crippen molar-refractivity contribution >= 4 is 23.2 Å². The van der Waals surface area contributed by atoms with Gasteiger partial charge in [-0.3, -0.25) is 19.7 Å². The second kappa shape index (κ2) is 6.08. The molecule has 0 bridgehead atoms. The minimum atomic E-state index is -1.01. The van der Waals surface area contributed by atoms with Crippen LogP contribution in [0.1, 0.15) is 38.3 Å². The maximum absolute atomic E-state index is 14.6. The fraction of sp³-hybridized carbons (Fsp3) is 0.429. The van der Waals surface area contributed by atoms with Crippen LogP contribution in [-0.2, 0) is 9.59 Å². The van der Waals surface area contributed by atoms with E-state index in [2.05, 4.69) is 5.32 Å². The van der Waals surface area contributed by atoms with Crippen molar-refractivity contribution in [1.82, 2.24) is 4.90 Å². The first-order valence-electron chi connectivity index (χ1n) is 6.84. The monoisotopic (exact) mass is 309 g/mol. The van der Waals surface area contributed by atoms with Gasteiger partial charge >= 0.3 is 5.69 Å². The van der Waals surface area contributed by atoms with Crippen LogP contribution in [0, 0.1) is 15.9 Å². The highest BCUT2D eigenvalue weighted by atomic mass is 19.1. The van der Waals surface area contributed by atoms with Crippen LogP contribution in [-0.4, -0.2) is 28.2 Å². The van der Waals surface area contributed by atoms with Crippen molar-refractivity contribution < 1.29 is 18.9 Å². The van der Waals surface area contributed by atoms with Gasteiger partial charge in [0.05, 0.1) is 11.0 Å². The number of hydrogen-bond acceptors (Lipinski definition) is 4. The summed E-state index contributed by atoms with van der Waals surface area (Å²) in [5.74, 6) is -1.73. The Kier molecular flexibility index (Phi) is 4.39. The number of nitrogens with zero attached hydrogens (tertiary/aromatic N) is 2. The van der Waals surface area contributed by atoms with Crippen LogP contribution in [0.25, 0.3) is 0 Å². The van der Waals surface area contributed by atoms with Gasteiger partial charge in [0.2, 0.25) is 17.6 Å². The Morgan fingerprint density at radius 3 is 2.64 bits per heavy atom. The van der Waals surface area contributed by atoms with E-state index < -0.39 is 28.4 Å². The van der Waals surface area contributed by atoms with Crippen LogP contribution >= 0.6 is 0 Å². The topological polar surface area (TPSA) is 92.6 Å². The van der Waals surface area contributed by atoms with Crippen molar-refractivity contribution in [3.8, 4) is 0 Å². The van der Waals surface area contributed by atoms with Crippen LogP contribution in [0.3, 0.4) is 0 Å². The molecule has 8 heteroatoms. The van der Waals surface area contributed by atoms with Gasteiger partial charge in [-0.15, -0.1) is 0 Å². The van der Waals surface area contributed by atoms with Gasteiger partial charge in [-0.05, 0) is 18.9 Å². The summed E-state index contributed by atoms with van der Waals surface area (Å²) in [6.07, 6.45) is 1.26. The average Bonchev–Trinajstić information content (AvgIpc) is 2.86. The molecule has 1 aromatic rings. The van der Waals surface area contributed by atoms with E-state index in [0.717, 1.165) is 0 Å². The van der Waals surface area contributed by atoms with Gasteiger partial charge in [0.25, 0.3) is 0 Å². The Balaban J connectivity index is 2.50. The minimum absolute atomic E-state index is 0.105. The summed E-state index contributed by atoms with van der Waals surface area (Å²) in [6.45, 7) is 3.07. The van der Waals surface area contributed by atoms with E-state index >= 15 is 0 Å². The molecule has 0 spiro atoms. The Bertz CT molecular complexity index is 647. The van der Waals surface area contributed by atoms with Crippen molar-refractivity contribution in [2.75, 3.05) is 11.9 Å². The Hall–Kier alpha value is -2.51. The normalized spacial score (nSPS) is 17.4. The number of hydrogen-bond donors (Lipinski definition) is 1. The lowest BCUT2D eigenvalue weighted by molar-refractivity contribution is -0.386. The van der Waals surface area contributed by atoms with Gasteiger partial charge in [-0.2, -0.15) is 4.39 Å². The van der Waals surface area contributed by atoms with Crippen molar-refractivity contribution in [2.45, 2.75) is 32.7 Å². The first kappa shape index (κ1) is 15.9. The van der Waals surface area contributed by atoms with Crippen molar-refractivity contribution in [3.05, 3.63) is 33.6 Å². The van der Waals surface area contributed by atoms with E-state index in [1.54, 1.807) is 0 Å². The number of amides is 2. The summed E-state index contributed by atoms with van der Waals surface area (Å²) in [5.41, 5.74) is -0.859. The number of rotatable bonds is 3. The van der Waals surface area contributed by atoms with E-state index in [4.69, 9.17) is 0 Å². The number of anilines is 1. The number of benzene rings is 1. The van der Waals surface area contributed by atoms with Crippen LogP contribution < -0.4 is 5.32 Å². The maximum Gasteiger partial charge on any atom is 0.328 e. The fourth-order valence-electron chi connectivity index (χ4n) is 2.77. The van der Waals surface area contributed by atoms with Gasteiger partial charge in [-0.25, -0.2) is 0 Å². The molecule has 1 N–H and O–H groups in total. The zero-order chi connectivity index (χ0) is 16.4. The third kappa shape index (κ3) is 2.90. The molecule has 1 fully saturated rings. The SMILES string of the molecule is CC(=O)Nc1ccc([C@H]2CCCN2C(C)=O)c(F)c1[N+](=O)[O-]. The molecule has 22 heavy (non-hydrogen) atoms. The predicted molar refractivity (Wildman–Crippen MR) is 76.7 cm³/mol. The van der Waals surface area contributed by atoms with Gasteiger partial charge in [0.15, 0.2) is 0 Å². The molecule has 0 aromatic heterocycles. The van der Waals surface area contributed by atoms with E-state index in [1.165, 1.54) is 30.9 Å². The molecule has 0 unspecified atom stereocenters. The molecule has 0 radical (unpaired) electrons. The molecule has 1 aliphatic heterocycles. The molecule has 1 atom stereocenters. The predicted octanol–water partition coefficient (Wildman–Crippen LogP) is 2.38. The molecular weight excluding hydrogens is 293 g/mol. The summed E-state index contributed by atoms with van der Waals surface area (Å²) in [5, 5.41) is 13.4. The largest absolute Gasteiger partial charge is 0.336 e. The maximum atomic E-state index is 14.6. The van der Waals surface area contributed by atoms with Crippen LogP contribution in [0.2, 0.25) is 0 Å². The average molecular weight is 309 g/mol. The number of halogens is 1. The molecule has 2 rings (SSSR count). The highest BCUT2D eigenvalue weighted by molar-refractivity contribution is 5.91. The van der Waals surface area contributed by atoms with E-state index in [-0.39, 0.29) is 17.2 Å². The number of nitrogens with one attached hydrogen (secondary N) is 1. The molecule has 1 saturated heterocycles. The van der Waals surface area contributed by atoms with Gasteiger partial charge < -0.3 is 10.2 Å². The minimum Gasteiger partial charge on any atom is -0.336 e. The van der Waals surface area contributed by atoms with Crippen LogP contribution in [0.4, 0.5) is 15.8 Å². The van der Waals surface area contributed by atoms with Crippen LogP contribution in [0.5, 0.6) is 0 Å². The molecule has 1 heterocycles. The van der Waals surface area contributed by atoms with E-state index in [1.807, 2.05) is 0 Å². The second-order valence-corrected chi connectivity index (χ2v) is 5.17. The highest BCUT2D eigenvalue weighted by Gasteiger charge is 2.34. The Morgan fingerprint density at radius 2 is 2.09 bits per heavy atom. The number of likely N-dealkylation sites (tertiary alicyclic amines) is 1. The lowest BCUT2D eigenvalue weighted by Crippen LogP contribution is -2.28. The summed E-state index contributed by atoms with van der Waals surface area (Å²) < 4.78 is 14.6. The van der Waals surface area contributed by atoms with Gasteiger partial charge in [0, 0.05) is 26.0 Å². The quantitative estimate of drug-likeness (QED) is 0.685. The molecule has 2 amide bonds. The zero-order valence-corrected chi connectivity index (χ0v) is 12.3. The van der Waals surface area contributed by atoms with E-state index in [0.29, 0.717) is 19.4 Å². The molecule has 118 valence electrons. The lowest BCUT2D eigenvalue weighted by Gasteiger charge is -2.24. The Labute approximate surface area is 126 Å². The highest BCUT2D eigenvalue weighted by Crippen LogP contribution is 2.38.